The second-order valence-electron chi connectivity index (χ2n) is 9.69. The van der Waals surface area contributed by atoms with Crippen LogP contribution in [0.25, 0.3) is 0 Å². The van der Waals surface area contributed by atoms with Crippen LogP contribution in [0, 0.1) is 17.8 Å². The first kappa shape index (κ1) is 36.7. The van der Waals surface area contributed by atoms with E-state index >= 15 is 0 Å². The molecule has 0 saturated carbocycles. The zero-order chi connectivity index (χ0) is 29.0. The molecule has 0 saturated heterocycles. The van der Waals surface area contributed by atoms with Gasteiger partial charge in [0.15, 0.2) is 11.6 Å². The Morgan fingerprint density at radius 2 is 1.51 bits per heavy atom. The molecule has 5 heteroatoms. The lowest BCUT2D eigenvalue weighted by Gasteiger charge is -2.21. The molecule has 0 aromatic heterocycles. The summed E-state index contributed by atoms with van der Waals surface area (Å²) in [7, 11) is 1.60. The molecule has 0 heterocycles. The third-order valence-corrected chi connectivity index (χ3v) is 6.55. The van der Waals surface area contributed by atoms with Crippen molar-refractivity contribution >= 4 is 17.8 Å². The molecule has 1 aromatic rings. The van der Waals surface area contributed by atoms with Crippen molar-refractivity contribution in [1.29, 1.82) is 0 Å². The van der Waals surface area contributed by atoms with Crippen LogP contribution in [0.4, 0.5) is 8.78 Å². The van der Waals surface area contributed by atoms with Gasteiger partial charge < -0.3 is 0 Å². The quantitative estimate of drug-likeness (QED) is 0.148. The molecular formula is C32H51F2NO2. The van der Waals surface area contributed by atoms with E-state index in [9.17, 15) is 18.4 Å². The Labute approximate surface area is 225 Å². The van der Waals surface area contributed by atoms with Crippen molar-refractivity contribution in [3.05, 3.63) is 59.7 Å². The molecule has 210 valence electrons. The van der Waals surface area contributed by atoms with Gasteiger partial charge in [0.25, 0.3) is 5.92 Å². The van der Waals surface area contributed by atoms with Gasteiger partial charge in [-0.15, -0.1) is 0 Å². The van der Waals surface area contributed by atoms with Crippen LogP contribution in [-0.2, 0) is 10.7 Å². The number of rotatable bonds is 13. The Bertz CT molecular complexity index is 829. The van der Waals surface area contributed by atoms with E-state index in [0.717, 1.165) is 25.2 Å². The Hall–Kier alpha value is -2.43. The summed E-state index contributed by atoms with van der Waals surface area (Å²) >= 11 is 0. The molecule has 0 aliphatic rings. The van der Waals surface area contributed by atoms with E-state index in [4.69, 9.17) is 0 Å². The van der Waals surface area contributed by atoms with Crippen LogP contribution in [0.3, 0.4) is 0 Å². The van der Waals surface area contributed by atoms with E-state index < -0.39 is 5.92 Å². The Morgan fingerprint density at radius 3 is 1.84 bits per heavy atom. The standard InChI is InChI=1S/C14H15F2NO.C11H24.C7H12O/c1-10(8-9-17-3)13(18)11-4-6-12(7-5-11)14(2,15)16;1-5-8-11(9-6-2)10(4)7-3;1-4-6(3)7(8)5-2/h4-9H,1-3H3;10-11H,5-9H2,1-4H3;5-6H,2,4H2,1,3H3/b10-8+,17-9?;;/t;10-;/m.1./s1. The molecule has 0 spiro atoms. The number of nitrogens with zero attached hydrogens (tertiary/aromatic N) is 1. The minimum Gasteiger partial charge on any atom is -0.297 e. The summed E-state index contributed by atoms with van der Waals surface area (Å²) in [6, 6.07) is 5.37. The number of allylic oxidation sites excluding steroid dienone is 3. The highest BCUT2D eigenvalue weighted by atomic mass is 19.3. The molecule has 0 fully saturated rings. The number of hydrogen-bond acceptors (Lipinski definition) is 3. The van der Waals surface area contributed by atoms with Gasteiger partial charge >= 0.3 is 0 Å². The average molecular weight is 520 g/mol. The van der Waals surface area contributed by atoms with Crippen LogP contribution >= 0.6 is 0 Å². The van der Waals surface area contributed by atoms with Gasteiger partial charge in [-0.05, 0) is 42.9 Å². The number of benzene rings is 1. The van der Waals surface area contributed by atoms with E-state index in [0.29, 0.717) is 11.1 Å². The van der Waals surface area contributed by atoms with E-state index in [1.54, 1.807) is 20.0 Å². The van der Waals surface area contributed by atoms with Gasteiger partial charge in [-0.25, -0.2) is 8.78 Å². The molecule has 0 N–H and O–H groups in total. The summed E-state index contributed by atoms with van der Waals surface area (Å²) in [5.74, 6) is -0.841. The van der Waals surface area contributed by atoms with E-state index in [1.807, 2.05) is 13.8 Å². The predicted molar refractivity (Wildman–Crippen MR) is 156 cm³/mol. The molecule has 1 rings (SSSR count). The fraction of sp³-hybridized carbons (Fsp3) is 0.594. The van der Waals surface area contributed by atoms with Gasteiger partial charge in [0.05, 0.1) is 0 Å². The van der Waals surface area contributed by atoms with Crippen LogP contribution in [0.5, 0.6) is 0 Å². The molecule has 0 amide bonds. The number of alkyl halides is 2. The molecule has 1 unspecified atom stereocenters. The van der Waals surface area contributed by atoms with Gasteiger partial charge in [0.2, 0.25) is 0 Å². The smallest absolute Gasteiger partial charge is 0.270 e. The van der Waals surface area contributed by atoms with Gasteiger partial charge in [-0.3, -0.25) is 14.6 Å². The molecule has 1 aromatic carbocycles. The molecule has 0 aliphatic heterocycles. The monoisotopic (exact) mass is 519 g/mol. The summed E-state index contributed by atoms with van der Waals surface area (Å²) in [6.45, 7) is 19.1. The second kappa shape index (κ2) is 20.6. The number of hydrogen-bond donors (Lipinski definition) is 0. The van der Waals surface area contributed by atoms with Gasteiger partial charge in [-0.2, -0.15) is 0 Å². The molecule has 2 atom stereocenters. The Morgan fingerprint density at radius 1 is 1.00 bits per heavy atom. The highest BCUT2D eigenvalue weighted by Crippen LogP contribution is 2.27. The topological polar surface area (TPSA) is 46.5 Å². The molecular weight excluding hydrogens is 468 g/mol. The molecule has 0 bridgehead atoms. The van der Waals surface area contributed by atoms with Crippen molar-refractivity contribution in [2.45, 2.75) is 99.8 Å². The van der Waals surface area contributed by atoms with Crippen molar-refractivity contribution in [3.63, 3.8) is 0 Å². The van der Waals surface area contributed by atoms with Crippen LogP contribution < -0.4 is 0 Å². The maximum Gasteiger partial charge on any atom is 0.270 e. The summed E-state index contributed by atoms with van der Waals surface area (Å²) in [4.78, 5) is 26.3. The first-order valence-corrected chi connectivity index (χ1v) is 13.6. The highest BCUT2D eigenvalue weighted by molar-refractivity contribution is 6.10. The summed E-state index contributed by atoms with van der Waals surface area (Å²) in [5, 5.41) is 0. The zero-order valence-corrected chi connectivity index (χ0v) is 24.7. The normalized spacial score (nSPS) is 13.2. The lowest BCUT2D eigenvalue weighted by Crippen LogP contribution is -2.10. The van der Waals surface area contributed by atoms with E-state index in [2.05, 4.69) is 39.3 Å². The van der Waals surface area contributed by atoms with Gasteiger partial charge in [-0.1, -0.05) is 104 Å². The fourth-order valence-corrected chi connectivity index (χ4v) is 3.59. The molecule has 37 heavy (non-hydrogen) atoms. The lowest BCUT2D eigenvalue weighted by molar-refractivity contribution is -0.117. The molecule has 0 radical (unpaired) electrons. The minimum atomic E-state index is -2.89. The summed E-state index contributed by atoms with van der Waals surface area (Å²) in [6.07, 6.45) is 12.3. The Kier molecular flexibility index (Phi) is 20.5. The van der Waals surface area contributed by atoms with Gasteiger partial charge in [0.1, 0.15) is 0 Å². The lowest BCUT2D eigenvalue weighted by atomic mass is 9.85. The van der Waals surface area contributed by atoms with Crippen LogP contribution in [0.15, 0.2) is 53.6 Å². The number of ketones is 2. The van der Waals surface area contributed by atoms with Crippen molar-refractivity contribution in [2.24, 2.45) is 22.7 Å². The predicted octanol–water partition coefficient (Wildman–Crippen LogP) is 9.66. The van der Waals surface area contributed by atoms with Crippen molar-refractivity contribution < 1.29 is 18.4 Å². The minimum absolute atomic E-state index is 0.101. The van der Waals surface area contributed by atoms with Gasteiger partial charge in [0, 0.05) is 37.2 Å². The largest absolute Gasteiger partial charge is 0.297 e. The first-order valence-electron chi connectivity index (χ1n) is 13.6. The number of carbonyl (C=O) groups is 2. The van der Waals surface area contributed by atoms with Crippen molar-refractivity contribution in [3.8, 4) is 0 Å². The number of Topliss-reactive ketones (excluding diaryl/α,β-unsaturated/α-hetero) is 1. The highest BCUT2D eigenvalue weighted by Gasteiger charge is 2.24. The zero-order valence-electron chi connectivity index (χ0n) is 24.7. The number of aliphatic imine (C=N–C) groups is 1. The van der Waals surface area contributed by atoms with Crippen LogP contribution in [0.1, 0.15) is 110 Å². The maximum absolute atomic E-state index is 13.0. The Balaban J connectivity index is 0. The third-order valence-electron chi connectivity index (χ3n) is 6.55. The van der Waals surface area contributed by atoms with Crippen LogP contribution in [0.2, 0.25) is 0 Å². The average Bonchev–Trinajstić information content (AvgIpc) is 2.89. The maximum atomic E-state index is 13.0. The fourth-order valence-electron chi connectivity index (χ4n) is 3.59. The molecule has 3 nitrogen and oxygen atoms in total. The van der Waals surface area contributed by atoms with Crippen molar-refractivity contribution in [2.75, 3.05) is 7.05 Å². The first-order chi connectivity index (χ1) is 17.3. The van der Waals surface area contributed by atoms with E-state index in [1.165, 1.54) is 68.7 Å². The van der Waals surface area contributed by atoms with Crippen molar-refractivity contribution in [1.82, 2.24) is 0 Å². The second-order valence-corrected chi connectivity index (χ2v) is 9.69. The summed E-state index contributed by atoms with van der Waals surface area (Å²) in [5.41, 5.74) is 0.800. The molecule has 0 aliphatic carbocycles. The van der Waals surface area contributed by atoms with E-state index in [-0.39, 0.29) is 23.0 Å². The SMILES string of the molecule is C=CC(=O)C(C)CC.CCCC(CCC)[C@H](C)CC.CN=C/C=C(\C)C(=O)c1ccc(C(C)(F)F)cc1. The van der Waals surface area contributed by atoms with Crippen LogP contribution in [-0.4, -0.2) is 24.8 Å². The number of halogens is 2. The number of carbonyl (C=O) groups excluding carboxylic acids is 2. The third kappa shape index (κ3) is 16.1. The summed E-state index contributed by atoms with van der Waals surface area (Å²) < 4.78 is 26.0.